The third kappa shape index (κ3) is 4.13. The summed E-state index contributed by atoms with van der Waals surface area (Å²) in [4.78, 5) is 3.36. The van der Waals surface area contributed by atoms with Gasteiger partial charge in [-0.1, -0.05) is 0 Å². The van der Waals surface area contributed by atoms with Crippen LogP contribution in [0.4, 0.5) is 18.3 Å². The molecule has 3 nitrogen and oxygen atoms in total. The van der Waals surface area contributed by atoms with Gasteiger partial charge in [-0.25, -0.2) is 0 Å². The highest BCUT2D eigenvalue weighted by molar-refractivity contribution is 7.09. The fourth-order valence-electron chi connectivity index (χ4n) is 1.15. The van der Waals surface area contributed by atoms with Gasteiger partial charge in [0.05, 0.1) is 0 Å². The molecule has 0 fully saturated rings. The van der Waals surface area contributed by atoms with Crippen LogP contribution in [0.25, 0.3) is 0 Å². The zero-order valence-electron chi connectivity index (χ0n) is 8.68. The van der Waals surface area contributed by atoms with E-state index in [9.17, 15) is 13.2 Å². The Balaban J connectivity index is 2.59. The second kappa shape index (κ2) is 5.18. The van der Waals surface area contributed by atoms with Crippen molar-refractivity contribution in [3.05, 3.63) is 5.82 Å². The quantitative estimate of drug-likeness (QED) is 0.855. The second-order valence-corrected chi connectivity index (χ2v) is 4.98. The fourth-order valence-corrected chi connectivity index (χ4v) is 2.12. The topological polar surface area (TPSA) is 37.8 Å². The minimum atomic E-state index is -4.49. The van der Waals surface area contributed by atoms with Crippen molar-refractivity contribution in [1.29, 1.82) is 0 Å². The maximum absolute atomic E-state index is 12.2. The molecule has 0 saturated carbocycles. The zero-order valence-corrected chi connectivity index (χ0v) is 10.2. The molecule has 0 aliphatic carbocycles. The van der Waals surface area contributed by atoms with Crippen molar-refractivity contribution < 1.29 is 13.2 Å². The highest BCUT2D eigenvalue weighted by Gasteiger charge is 2.36. The predicted octanol–water partition coefficient (Wildman–Crippen LogP) is 3.37. The van der Waals surface area contributed by atoms with Gasteiger partial charge in [-0.05, 0) is 20.3 Å². The Morgan fingerprint density at radius 1 is 1.44 bits per heavy atom. The zero-order chi connectivity index (χ0) is 12.3. The lowest BCUT2D eigenvalue weighted by molar-refractivity contribution is -0.144. The van der Waals surface area contributed by atoms with Gasteiger partial charge < -0.3 is 5.32 Å². The molecule has 1 aromatic rings. The van der Waals surface area contributed by atoms with Crippen molar-refractivity contribution in [2.75, 3.05) is 5.32 Å². The minimum Gasteiger partial charge on any atom is -0.358 e. The van der Waals surface area contributed by atoms with E-state index in [1.165, 1.54) is 0 Å². The molecule has 2 atom stereocenters. The highest BCUT2D eigenvalue weighted by Crippen LogP contribution is 2.29. The maximum atomic E-state index is 12.2. The Labute approximate surface area is 100 Å². The molecule has 0 saturated heterocycles. The third-order valence-corrected chi connectivity index (χ3v) is 2.55. The van der Waals surface area contributed by atoms with E-state index >= 15 is 0 Å². The van der Waals surface area contributed by atoms with Crippen LogP contribution in [0.2, 0.25) is 0 Å². The summed E-state index contributed by atoms with van der Waals surface area (Å²) >= 11 is 6.46. The van der Waals surface area contributed by atoms with E-state index in [1.54, 1.807) is 0 Å². The van der Waals surface area contributed by atoms with Crippen molar-refractivity contribution in [2.45, 2.75) is 37.9 Å². The molecule has 0 radical (unpaired) electrons. The Morgan fingerprint density at radius 3 is 2.50 bits per heavy atom. The summed E-state index contributed by atoms with van der Waals surface area (Å²) in [6, 6.07) is -0.0402. The number of nitrogens with zero attached hydrogens (tertiary/aromatic N) is 2. The minimum absolute atomic E-state index is 0.0402. The average Bonchev–Trinajstić information content (AvgIpc) is 2.49. The van der Waals surface area contributed by atoms with E-state index in [0.29, 0.717) is 18.0 Å². The molecule has 92 valence electrons. The molecule has 0 aliphatic rings. The van der Waals surface area contributed by atoms with Crippen LogP contribution < -0.4 is 5.32 Å². The van der Waals surface area contributed by atoms with E-state index in [0.717, 1.165) is 0 Å². The molecule has 1 N–H and O–H groups in total. The lowest BCUT2D eigenvalue weighted by Gasteiger charge is -2.13. The van der Waals surface area contributed by atoms with E-state index in [1.807, 2.05) is 13.8 Å². The molecule has 0 amide bonds. The van der Waals surface area contributed by atoms with Crippen LogP contribution >= 0.6 is 23.1 Å². The third-order valence-electron chi connectivity index (χ3n) is 1.73. The van der Waals surface area contributed by atoms with Crippen molar-refractivity contribution in [3.8, 4) is 0 Å². The summed E-state index contributed by atoms with van der Waals surface area (Å²) in [5.74, 6) is -1.11. The van der Waals surface area contributed by atoms with E-state index < -0.39 is 12.0 Å². The van der Waals surface area contributed by atoms with Gasteiger partial charge in [-0.15, -0.1) is 11.6 Å². The van der Waals surface area contributed by atoms with Gasteiger partial charge in [0.15, 0.2) is 0 Å². The van der Waals surface area contributed by atoms with Gasteiger partial charge in [0.25, 0.3) is 0 Å². The fraction of sp³-hybridized carbons (Fsp3) is 0.750. The summed E-state index contributed by atoms with van der Waals surface area (Å²) < 4.78 is 39.8. The maximum Gasteiger partial charge on any atom is 0.452 e. The lowest BCUT2D eigenvalue weighted by atomic mass is 10.2. The standard InChI is InChI=1S/C8H11ClF3N3S/c1-4(9)3-5(2)13-7-14-6(15-16-7)8(10,11)12/h4-5H,3H2,1-2H3,(H,13,14,15). The van der Waals surface area contributed by atoms with Crippen LogP contribution in [0.3, 0.4) is 0 Å². The number of alkyl halides is 4. The highest BCUT2D eigenvalue weighted by atomic mass is 35.5. The summed E-state index contributed by atoms with van der Waals surface area (Å²) in [5, 5.41) is 2.95. The summed E-state index contributed by atoms with van der Waals surface area (Å²) in [6.07, 6.45) is -3.85. The molecule has 1 rings (SSSR count). The van der Waals surface area contributed by atoms with E-state index in [-0.39, 0.29) is 16.6 Å². The first-order chi connectivity index (χ1) is 7.29. The van der Waals surface area contributed by atoms with Gasteiger partial charge in [0.1, 0.15) is 0 Å². The van der Waals surface area contributed by atoms with Gasteiger partial charge in [0.2, 0.25) is 11.0 Å². The number of aromatic nitrogens is 2. The van der Waals surface area contributed by atoms with E-state index in [2.05, 4.69) is 14.7 Å². The smallest absolute Gasteiger partial charge is 0.358 e. The summed E-state index contributed by atoms with van der Waals surface area (Å²) in [6.45, 7) is 3.65. The first kappa shape index (κ1) is 13.5. The molecule has 8 heteroatoms. The Kier molecular flexibility index (Phi) is 4.37. The SMILES string of the molecule is CC(Cl)CC(C)Nc1nc(C(F)(F)F)ns1. The number of halogens is 4. The monoisotopic (exact) mass is 273 g/mol. The van der Waals surface area contributed by atoms with Crippen LogP contribution in [0.15, 0.2) is 0 Å². The largest absolute Gasteiger partial charge is 0.452 e. The molecular formula is C8H11ClF3N3S. The molecule has 0 spiro atoms. The van der Waals surface area contributed by atoms with Crippen LogP contribution in [-0.4, -0.2) is 20.8 Å². The van der Waals surface area contributed by atoms with Crippen molar-refractivity contribution in [2.24, 2.45) is 0 Å². The number of nitrogens with one attached hydrogen (secondary N) is 1. The summed E-state index contributed by atoms with van der Waals surface area (Å²) in [7, 11) is 0. The average molecular weight is 274 g/mol. The molecule has 0 aliphatic heterocycles. The van der Waals surface area contributed by atoms with Crippen LogP contribution in [0.1, 0.15) is 26.1 Å². The van der Waals surface area contributed by atoms with Crippen molar-refractivity contribution >= 4 is 28.3 Å². The van der Waals surface area contributed by atoms with Crippen LogP contribution in [0, 0.1) is 0 Å². The molecule has 1 heterocycles. The Morgan fingerprint density at radius 2 is 2.06 bits per heavy atom. The molecular weight excluding hydrogens is 263 g/mol. The van der Waals surface area contributed by atoms with Gasteiger partial charge in [-0.2, -0.15) is 22.5 Å². The first-order valence-corrected chi connectivity index (χ1v) is 5.81. The molecule has 16 heavy (non-hydrogen) atoms. The Hall–Kier alpha value is -0.560. The number of rotatable bonds is 4. The normalized spacial score (nSPS) is 15.9. The van der Waals surface area contributed by atoms with Gasteiger partial charge in [-0.3, -0.25) is 0 Å². The molecule has 1 aromatic heterocycles. The van der Waals surface area contributed by atoms with Crippen LogP contribution in [-0.2, 0) is 6.18 Å². The molecule has 0 aromatic carbocycles. The number of hydrogen-bond donors (Lipinski definition) is 1. The van der Waals surface area contributed by atoms with Crippen molar-refractivity contribution in [1.82, 2.24) is 9.36 Å². The van der Waals surface area contributed by atoms with E-state index in [4.69, 9.17) is 11.6 Å². The second-order valence-electron chi connectivity index (χ2n) is 3.48. The van der Waals surface area contributed by atoms with Gasteiger partial charge >= 0.3 is 6.18 Å². The Bertz CT molecular complexity index is 340. The van der Waals surface area contributed by atoms with Crippen LogP contribution in [0.5, 0.6) is 0 Å². The van der Waals surface area contributed by atoms with Crippen molar-refractivity contribution in [3.63, 3.8) is 0 Å². The lowest BCUT2D eigenvalue weighted by Crippen LogP contribution is -2.18. The number of anilines is 1. The predicted molar refractivity (Wildman–Crippen MR) is 57.9 cm³/mol. The molecule has 0 bridgehead atoms. The van der Waals surface area contributed by atoms with Gasteiger partial charge in [0, 0.05) is 23.0 Å². The molecule has 2 unspecified atom stereocenters. The number of hydrogen-bond acceptors (Lipinski definition) is 4. The summed E-state index contributed by atoms with van der Waals surface area (Å²) in [5.41, 5.74) is 0. The first-order valence-electron chi connectivity index (χ1n) is 4.60.